The zero-order valence-electron chi connectivity index (χ0n) is 23.6. The second-order valence-electron chi connectivity index (χ2n) is 9.61. The van der Waals surface area contributed by atoms with Crippen LogP contribution in [0.4, 0.5) is 24.7 Å². The first-order chi connectivity index (χ1) is 21.3. The maximum absolute atomic E-state index is 12.7. The van der Waals surface area contributed by atoms with Gasteiger partial charge >= 0.3 is 12.1 Å². The molecule has 0 fully saturated rings. The number of halogens is 3. The summed E-state index contributed by atoms with van der Waals surface area (Å²) in [5, 5.41) is 10.8. The molecule has 4 N–H and O–H groups in total. The number of nitrogen functional groups attached to an aromatic ring is 1. The third kappa shape index (κ3) is 6.89. The number of ether oxygens (including phenoxy) is 1. The predicted molar refractivity (Wildman–Crippen MR) is 155 cm³/mol. The highest BCUT2D eigenvalue weighted by Gasteiger charge is 2.42. The lowest BCUT2D eigenvalue weighted by atomic mass is 10.1. The molecule has 12 nitrogen and oxygen atoms in total. The van der Waals surface area contributed by atoms with Gasteiger partial charge in [0.1, 0.15) is 11.0 Å². The number of hydrogen-bond donors (Lipinski definition) is 3. The average molecular weight is 611 g/mol. The number of fused-ring (bicyclic) bond motifs is 1. The quantitative estimate of drug-likeness (QED) is 0.0958. The minimum absolute atomic E-state index is 0.0757. The fourth-order valence-corrected chi connectivity index (χ4v) is 4.49. The van der Waals surface area contributed by atoms with Crippen LogP contribution in [0.15, 0.2) is 65.4 Å². The second kappa shape index (κ2) is 13.4. The first-order valence-electron chi connectivity index (χ1n) is 13.8. The first-order valence-corrected chi connectivity index (χ1v) is 13.8. The number of hydrogen-bond acceptors (Lipinski definition) is 11. The molecule has 0 radical (unpaired) electrons. The van der Waals surface area contributed by atoms with Gasteiger partial charge in [-0.25, -0.2) is 19.4 Å². The molecule has 5 aromatic rings. The van der Waals surface area contributed by atoms with Crippen molar-refractivity contribution < 1.29 is 32.2 Å². The maximum Gasteiger partial charge on any atom is 0.493 e. The molecule has 0 unspecified atom stereocenters. The lowest BCUT2D eigenvalue weighted by molar-refractivity contribution is -0.196. The summed E-state index contributed by atoms with van der Waals surface area (Å²) in [6.07, 6.45) is -2.02. The summed E-state index contributed by atoms with van der Waals surface area (Å²) in [6, 6.07) is 17.1. The highest BCUT2D eigenvalue weighted by molar-refractivity contribution is 5.96. The largest absolute Gasteiger partial charge is 0.493 e. The van der Waals surface area contributed by atoms with E-state index in [9.17, 15) is 18.0 Å². The molecule has 230 valence electrons. The zero-order valence-corrected chi connectivity index (χ0v) is 23.6. The van der Waals surface area contributed by atoms with Crippen molar-refractivity contribution in [1.82, 2.24) is 30.2 Å². The maximum atomic E-state index is 12.7. The number of carbonyl (C=O) groups excluding carboxylic acids is 1. The van der Waals surface area contributed by atoms with E-state index in [1.807, 2.05) is 67.0 Å². The number of anilines is 2. The van der Waals surface area contributed by atoms with E-state index < -0.39 is 12.1 Å². The SMILES string of the molecule is CCn1c(-c2nonc2NOC(=O)C(F)(F)F)nc2c(-c3ccccc3)ncc(OCCCNCCc3ccc(N)cc3)c21. The van der Waals surface area contributed by atoms with Crippen LogP contribution < -0.4 is 21.3 Å². The van der Waals surface area contributed by atoms with Crippen molar-refractivity contribution >= 4 is 28.5 Å². The van der Waals surface area contributed by atoms with Crippen molar-refractivity contribution in [3.8, 4) is 28.5 Å². The standard InChI is InChI=1S/C29H29F3N8O4/c1-2-40-25-21(42-16-6-14-34-15-13-18-9-11-20(33)12-10-18)17-35-22(19-7-4-3-5-8-19)23(25)36-27(40)24-26(39-44-37-24)38-43-28(41)29(30,31)32/h3-5,7-12,17,34H,2,6,13-16,33H2,1H3,(H,38,39). The van der Waals surface area contributed by atoms with Gasteiger partial charge in [-0.05, 0) is 60.9 Å². The molecule has 0 spiro atoms. The normalized spacial score (nSPS) is 11.5. The number of nitrogens with zero attached hydrogens (tertiary/aromatic N) is 5. The Morgan fingerprint density at radius 1 is 1.05 bits per heavy atom. The van der Waals surface area contributed by atoms with E-state index in [1.54, 1.807) is 10.8 Å². The van der Waals surface area contributed by atoms with E-state index in [1.165, 1.54) is 5.56 Å². The Morgan fingerprint density at radius 2 is 1.82 bits per heavy atom. The topological polar surface area (TPSA) is 155 Å². The Hall–Kier alpha value is -5.18. The average Bonchev–Trinajstić information content (AvgIpc) is 3.64. The van der Waals surface area contributed by atoms with Gasteiger partial charge in [0.15, 0.2) is 17.3 Å². The number of pyridine rings is 1. The highest BCUT2D eigenvalue weighted by atomic mass is 19.4. The first kappa shape index (κ1) is 30.3. The summed E-state index contributed by atoms with van der Waals surface area (Å²) >= 11 is 0. The zero-order chi connectivity index (χ0) is 31.1. The fourth-order valence-electron chi connectivity index (χ4n) is 4.49. The van der Waals surface area contributed by atoms with Gasteiger partial charge in [0, 0.05) is 17.8 Å². The van der Waals surface area contributed by atoms with Gasteiger partial charge in [-0.1, -0.05) is 42.5 Å². The van der Waals surface area contributed by atoms with Crippen molar-refractivity contribution in [2.45, 2.75) is 32.5 Å². The number of nitrogens with one attached hydrogen (secondary N) is 2. The van der Waals surface area contributed by atoms with Gasteiger partial charge in [0.2, 0.25) is 5.82 Å². The van der Waals surface area contributed by atoms with Gasteiger partial charge < -0.3 is 25.2 Å². The van der Waals surface area contributed by atoms with Crippen LogP contribution in [0.25, 0.3) is 33.8 Å². The highest BCUT2D eigenvalue weighted by Crippen LogP contribution is 2.37. The molecular weight excluding hydrogens is 581 g/mol. The van der Waals surface area contributed by atoms with Crippen molar-refractivity contribution in [2.75, 3.05) is 30.9 Å². The summed E-state index contributed by atoms with van der Waals surface area (Å²) in [6.45, 7) is 4.12. The van der Waals surface area contributed by atoms with E-state index in [2.05, 4.69) is 25.5 Å². The van der Waals surface area contributed by atoms with Crippen molar-refractivity contribution in [2.24, 2.45) is 0 Å². The Kier molecular flexibility index (Phi) is 9.23. The molecule has 15 heteroatoms. The number of aryl methyl sites for hydroxylation is 1. The van der Waals surface area contributed by atoms with Gasteiger partial charge in [0.25, 0.3) is 0 Å². The Balaban J connectivity index is 1.37. The third-order valence-electron chi connectivity index (χ3n) is 6.60. The van der Waals surface area contributed by atoms with Gasteiger partial charge in [-0.2, -0.15) is 18.7 Å². The number of rotatable bonds is 13. The molecule has 0 atom stereocenters. The summed E-state index contributed by atoms with van der Waals surface area (Å²) in [4.78, 5) is 24.7. The van der Waals surface area contributed by atoms with E-state index in [-0.39, 0.29) is 17.3 Å². The molecule has 3 heterocycles. The number of nitrogens with two attached hydrogens (primary N) is 1. The molecule has 2 aromatic carbocycles. The number of imidazole rings is 1. The third-order valence-corrected chi connectivity index (χ3v) is 6.60. The van der Waals surface area contributed by atoms with Crippen LogP contribution in [0, 0.1) is 0 Å². The Morgan fingerprint density at radius 3 is 2.55 bits per heavy atom. The number of aromatic nitrogens is 5. The molecule has 0 aliphatic carbocycles. The van der Waals surface area contributed by atoms with E-state index in [0.29, 0.717) is 42.0 Å². The molecule has 0 aliphatic rings. The summed E-state index contributed by atoms with van der Waals surface area (Å²) in [7, 11) is 0. The Labute approximate surface area is 249 Å². The molecule has 0 bridgehead atoms. The Bertz CT molecular complexity index is 1710. The minimum atomic E-state index is -5.21. The van der Waals surface area contributed by atoms with Gasteiger partial charge in [-0.3, -0.25) is 0 Å². The van der Waals surface area contributed by atoms with Crippen LogP contribution >= 0.6 is 0 Å². The van der Waals surface area contributed by atoms with Crippen molar-refractivity contribution in [3.63, 3.8) is 0 Å². The predicted octanol–water partition coefficient (Wildman–Crippen LogP) is 4.78. The van der Waals surface area contributed by atoms with Crippen LogP contribution in [0.1, 0.15) is 18.9 Å². The van der Waals surface area contributed by atoms with E-state index in [0.717, 1.165) is 30.8 Å². The van der Waals surface area contributed by atoms with Gasteiger partial charge in [-0.15, -0.1) is 0 Å². The molecule has 3 aromatic heterocycles. The van der Waals surface area contributed by atoms with Gasteiger partial charge in [0.05, 0.1) is 18.5 Å². The van der Waals surface area contributed by atoms with Crippen LogP contribution in [0.3, 0.4) is 0 Å². The monoisotopic (exact) mass is 610 g/mol. The summed E-state index contributed by atoms with van der Waals surface area (Å²) in [5.74, 6) is -2.18. The lowest BCUT2D eigenvalue weighted by Crippen LogP contribution is -2.27. The molecule has 0 aliphatic heterocycles. The molecule has 0 saturated heterocycles. The van der Waals surface area contributed by atoms with Crippen molar-refractivity contribution in [3.05, 3.63) is 66.4 Å². The smallest absolute Gasteiger partial charge is 0.490 e. The summed E-state index contributed by atoms with van der Waals surface area (Å²) in [5.41, 5.74) is 11.9. The lowest BCUT2D eigenvalue weighted by Gasteiger charge is -2.12. The van der Waals surface area contributed by atoms with E-state index in [4.69, 9.17) is 20.1 Å². The van der Waals surface area contributed by atoms with Crippen LogP contribution in [-0.4, -0.2) is 56.7 Å². The van der Waals surface area contributed by atoms with Crippen LogP contribution in [0.5, 0.6) is 5.75 Å². The molecular formula is C29H29F3N8O4. The number of alkyl halides is 3. The van der Waals surface area contributed by atoms with Crippen LogP contribution in [-0.2, 0) is 22.6 Å². The minimum Gasteiger partial charge on any atom is -0.490 e. The fraction of sp³-hybridized carbons (Fsp3) is 0.276. The van der Waals surface area contributed by atoms with Crippen molar-refractivity contribution in [1.29, 1.82) is 0 Å². The van der Waals surface area contributed by atoms with E-state index >= 15 is 0 Å². The van der Waals surface area contributed by atoms with Crippen LogP contribution in [0.2, 0.25) is 0 Å². The summed E-state index contributed by atoms with van der Waals surface area (Å²) < 4.78 is 50.7. The molecule has 0 saturated carbocycles. The molecule has 44 heavy (non-hydrogen) atoms. The number of carbonyl (C=O) groups is 1. The molecule has 0 amide bonds. The second-order valence-corrected chi connectivity index (χ2v) is 9.61. The molecule has 5 rings (SSSR count). The number of benzene rings is 2.